The van der Waals surface area contributed by atoms with Crippen molar-refractivity contribution < 1.29 is 22.3 Å². The lowest BCUT2D eigenvalue weighted by atomic mass is 9.76. The van der Waals surface area contributed by atoms with Gasteiger partial charge in [0.05, 0.1) is 11.5 Å². The first-order valence-corrected chi connectivity index (χ1v) is 14.1. The van der Waals surface area contributed by atoms with E-state index < -0.39 is 15.4 Å². The van der Waals surface area contributed by atoms with Gasteiger partial charge in [-0.25, -0.2) is 12.8 Å². The molecule has 7 nitrogen and oxygen atoms in total. The molecule has 2 aliphatic heterocycles. The number of benzene rings is 2. The summed E-state index contributed by atoms with van der Waals surface area (Å²) in [6, 6.07) is 10.0. The average Bonchev–Trinajstić information content (AvgIpc) is 2.84. The maximum atomic E-state index is 13.3. The van der Waals surface area contributed by atoms with Crippen molar-refractivity contribution in [2.45, 2.75) is 24.2 Å². The molecule has 0 bridgehead atoms. The van der Waals surface area contributed by atoms with Gasteiger partial charge in [-0.3, -0.25) is 4.79 Å². The molecule has 196 valence electrons. The Morgan fingerprint density at radius 3 is 2.14 bits per heavy atom. The molecule has 11 heteroatoms. The molecular formula is C25H30Cl2FN3O4S. The van der Waals surface area contributed by atoms with Crippen LogP contribution in [-0.4, -0.2) is 81.4 Å². The van der Waals surface area contributed by atoms with Crippen molar-refractivity contribution in [3.8, 4) is 5.75 Å². The van der Waals surface area contributed by atoms with E-state index in [4.69, 9.17) is 27.9 Å². The van der Waals surface area contributed by atoms with E-state index in [1.165, 1.54) is 34.6 Å². The van der Waals surface area contributed by atoms with Crippen molar-refractivity contribution in [1.29, 1.82) is 0 Å². The van der Waals surface area contributed by atoms with Crippen LogP contribution in [0.15, 0.2) is 47.4 Å². The lowest BCUT2D eigenvalue weighted by molar-refractivity contribution is -0.136. The molecule has 1 amide bonds. The van der Waals surface area contributed by atoms with Gasteiger partial charge in [-0.1, -0.05) is 23.2 Å². The van der Waals surface area contributed by atoms with Crippen LogP contribution in [-0.2, 0) is 14.8 Å². The number of carbonyl (C=O) groups excluding carboxylic acids is 1. The molecule has 2 fully saturated rings. The molecule has 36 heavy (non-hydrogen) atoms. The maximum absolute atomic E-state index is 13.3. The van der Waals surface area contributed by atoms with Gasteiger partial charge in [0.1, 0.15) is 11.6 Å². The minimum Gasteiger partial charge on any atom is -0.493 e. The molecule has 2 aromatic rings. The molecule has 2 heterocycles. The fourth-order valence-corrected chi connectivity index (χ4v) is 6.82. The number of hydrogen-bond acceptors (Lipinski definition) is 5. The van der Waals surface area contributed by atoms with Gasteiger partial charge >= 0.3 is 0 Å². The SMILES string of the molecule is CN1CCN(C(=O)CC2(COc3ccc(F)cc3)CCN(S(=O)(=O)c3cc(Cl)cc(Cl)c3)CC2)CC1. The third kappa shape index (κ3) is 6.50. The molecule has 0 unspecified atom stereocenters. The van der Waals surface area contributed by atoms with Gasteiger partial charge in [-0.15, -0.1) is 0 Å². The number of piperidine rings is 1. The van der Waals surface area contributed by atoms with Gasteiger partial charge in [0.2, 0.25) is 15.9 Å². The molecule has 4 rings (SSSR count). The highest BCUT2D eigenvalue weighted by molar-refractivity contribution is 7.89. The van der Waals surface area contributed by atoms with Gasteiger partial charge in [0.25, 0.3) is 0 Å². The number of piperazine rings is 1. The van der Waals surface area contributed by atoms with Crippen LogP contribution in [0.25, 0.3) is 0 Å². The zero-order valence-electron chi connectivity index (χ0n) is 20.1. The second-order valence-electron chi connectivity index (χ2n) is 9.61. The molecule has 0 aromatic heterocycles. The molecule has 2 aromatic carbocycles. The summed E-state index contributed by atoms with van der Waals surface area (Å²) in [5.74, 6) is 0.192. The molecule has 0 radical (unpaired) electrons. The molecule has 0 N–H and O–H groups in total. The average molecular weight is 559 g/mol. The van der Waals surface area contributed by atoms with E-state index in [0.29, 0.717) is 31.7 Å². The third-order valence-electron chi connectivity index (χ3n) is 7.00. The van der Waals surface area contributed by atoms with E-state index in [1.807, 2.05) is 11.9 Å². The molecule has 0 aliphatic carbocycles. The summed E-state index contributed by atoms with van der Waals surface area (Å²) < 4.78 is 47.3. The van der Waals surface area contributed by atoms with Gasteiger partial charge in [-0.2, -0.15) is 4.31 Å². The summed E-state index contributed by atoms with van der Waals surface area (Å²) in [5, 5.41) is 0.496. The minimum atomic E-state index is -3.80. The highest BCUT2D eigenvalue weighted by Crippen LogP contribution is 2.38. The summed E-state index contributed by atoms with van der Waals surface area (Å²) in [7, 11) is -1.77. The Balaban J connectivity index is 1.50. The summed E-state index contributed by atoms with van der Waals surface area (Å²) in [6.45, 7) is 3.66. The van der Waals surface area contributed by atoms with E-state index in [-0.39, 0.29) is 52.8 Å². The van der Waals surface area contributed by atoms with Gasteiger partial charge < -0.3 is 14.5 Å². The van der Waals surface area contributed by atoms with Crippen LogP contribution < -0.4 is 4.74 Å². The highest BCUT2D eigenvalue weighted by Gasteiger charge is 2.42. The van der Waals surface area contributed by atoms with Crippen molar-refractivity contribution in [3.05, 3.63) is 58.3 Å². The van der Waals surface area contributed by atoms with E-state index in [9.17, 15) is 17.6 Å². The number of nitrogens with zero attached hydrogens (tertiary/aromatic N) is 3. The van der Waals surface area contributed by atoms with Crippen molar-refractivity contribution >= 4 is 39.1 Å². The molecule has 0 atom stereocenters. The highest BCUT2D eigenvalue weighted by atomic mass is 35.5. The fourth-order valence-electron chi connectivity index (χ4n) is 4.66. The number of halogens is 3. The van der Waals surface area contributed by atoms with Crippen LogP contribution in [0, 0.1) is 11.2 Å². The number of rotatable bonds is 7. The minimum absolute atomic E-state index is 0.0450. The Bertz CT molecular complexity index is 1160. The first kappa shape index (κ1) is 27.1. The molecule has 0 saturated carbocycles. The molecule has 0 spiro atoms. The number of ether oxygens (including phenoxy) is 1. The standard InChI is InChI=1S/C25H30Cl2FN3O4S/c1-29-10-12-30(13-11-29)24(32)17-25(18-35-22-4-2-21(28)3-5-22)6-8-31(9-7-25)36(33,34)23-15-19(26)14-20(27)16-23/h2-5,14-16H,6-13,17-18H2,1H3. The normalized spacial score (nSPS) is 19.3. The second-order valence-corrected chi connectivity index (χ2v) is 12.4. The van der Waals surface area contributed by atoms with E-state index >= 15 is 0 Å². The van der Waals surface area contributed by atoms with Crippen molar-refractivity contribution in [2.24, 2.45) is 5.41 Å². The van der Waals surface area contributed by atoms with Crippen LogP contribution in [0.1, 0.15) is 19.3 Å². The Hall–Kier alpha value is -1.91. The summed E-state index contributed by atoms with van der Waals surface area (Å²) >= 11 is 12.1. The van der Waals surface area contributed by atoms with E-state index in [0.717, 1.165) is 13.1 Å². The second kappa shape index (κ2) is 11.2. The summed E-state index contributed by atoms with van der Waals surface area (Å²) in [6.07, 6.45) is 1.15. The Kier molecular flexibility index (Phi) is 8.46. The number of hydrogen-bond donors (Lipinski definition) is 0. The monoisotopic (exact) mass is 557 g/mol. The largest absolute Gasteiger partial charge is 0.493 e. The number of amides is 1. The van der Waals surface area contributed by atoms with Crippen LogP contribution in [0.5, 0.6) is 5.75 Å². The van der Waals surface area contributed by atoms with Crippen molar-refractivity contribution in [3.63, 3.8) is 0 Å². The first-order chi connectivity index (χ1) is 17.1. The third-order valence-corrected chi connectivity index (χ3v) is 9.31. The van der Waals surface area contributed by atoms with Gasteiger partial charge in [0.15, 0.2) is 0 Å². The maximum Gasteiger partial charge on any atom is 0.243 e. The van der Waals surface area contributed by atoms with E-state index in [2.05, 4.69) is 4.90 Å². The van der Waals surface area contributed by atoms with Gasteiger partial charge in [-0.05, 0) is 62.4 Å². The zero-order chi connectivity index (χ0) is 25.9. The lowest BCUT2D eigenvalue weighted by Crippen LogP contribution is -2.51. The van der Waals surface area contributed by atoms with Crippen molar-refractivity contribution in [2.75, 3.05) is 52.9 Å². The molecular weight excluding hydrogens is 528 g/mol. The Morgan fingerprint density at radius 1 is 0.972 bits per heavy atom. The van der Waals surface area contributed by atoms with Crippen LogP contribution in [0.2, 0.25) is 10.0 Å². The lowest BCUT2D eigenvalue weighted by Gasteiger charge is -2.42. The molecule has 2 saturated heterocycles. The van der Waals surface area contributed by atoms with Gasteiger partial charge in [0, 0.05) is 61.1 Å². The van der Waals surface area contributed by atoms with Crippen LogP contribution in [0.3, 0.4) is 0 Å². The first-order valence-electron chi connectivity index (χ1n) is 11.9. The smallest absolute Gasteiger partial charge is 0.243 e. The summed E-state index contributed by atoms with van der Waals surface area (Å²) in [4.78, 5) is 17.4. The summed E-state index contributed by atoms with van der Waals surface area (Å²) in [5.41, 5.74) is -0.549. The van der Waals surface area contributed by atoms with Crippen LogP contribution >= 0.6 is 23.2 Å². The number of carbonyl (C=O) groups is 1. The van der Waals surface area contributed by atoms with E-state index in [1.54, 1.807) is 12.1 Å². The zero-order valence-corrected chi connectivity index (χ0v) is 22.5. The predicted molar refractivity (Wildman–Crippen MR) is 137 cm³/mol. The number of likely N-dealkylation sites (N-methyl/N-ethyl adjacent to an activating group) is 1. The molecule has 2 aliphatic rings. The Morgan fingerprint density at radius 2 is 1.56 bits per heavy atom. The predicted octanol–water partition coefficient (Wildman–Crippen LogP) is 4.15. The van der Waals surface area contributed by atoms with Crippen LogP contribution in [0.4, 0.5) is 4.39 Å². The fraction of sp³-hybridized carbons (Fsp3) is 0.480. The number of sulfonamides is 1. The Labute approximate surface area is 221 Å². The van der Waals surface area contributed by atoms with Crippen molar-refractivity contribution in [1.82, 2.24) is 14.1 Å². The quantitative estimate of drug-likeness (QED) is 0.511. The topological polar surface area (TPSA) is 70.2 Å².